The average Bonchev–Trinajstić information content (AvgIpc) is 3.40. The molecule has 2 aliphatic carbocycles. The van der Waals surface area contributed by atoms with Gasteiger partial charge in [0.1, 0.15) is 5.82 Å². The van der Waals surface area contributed by atoms with E-state index >= 15 is 0 Å². The number of likely N-dealkylation sites (N-methyl/N-ethyl adjacent to an activating group) is 1. The molecule has 2 N–H and O–H groups in total. The molecule has 9 heteroatoms. The number of carbonyl (C=O) groups is 1. The van der Waals surface area contributed by atoms with Crippen LogP contribution >= 0.6 is 0 Å². The molecule has 3 saturated heterocycles. The van der Waals surface area contributed by atoms with Crippen LogP contribution in [0.5, 0.6) is 0 Å². The minimum Gasteiger partial charge on any atom is -0.348 e. The molecule has 5 aliphatic rings. The van der Waals surface area contributed by atoms with Crippen molar-refractivity contribution >= 4 is 5.91 Å². The molecule has 8 nitrogen and oxygen atoms in total. The fourth-order valence-electron chi connectivity index (χ4n) is 8.61. The van der Waals surface area contributed by atoms with Gasteiger partial charge in [0, 0.05) is 37.6 Å². The Bertz CT molecular complexity index is 1170. The molecule has 1 amide bonds. The van der Waals surface area contributed by atoms with Gasteiger partial charge in [-0.2, -0.15) is 5.26 Å². The summed E-state index contributed by atoms with van der Waals surface area (Å²) in [6.45, 7) is 7.41. The van der Waals surface area contributed by atoms with E-state index < -0.39 is 0 Å². The van der Waals surface area contributed by atoms with Gasteiger partial charge in [0.2, 0.25) is 5.91 Å². The number of piperazine rings is 1. The van der Waals surface area contributed by atoms with Crippen LogP contribution in [0.3, 0.4) is 0 Å². The van der Waals surface area contributed by atoms with Gasteiger partial charge in [0.25, 0.3) is 0 Å². The molecule has 3 aliphatic heterocycles. The fraction of sp³-hybridized carbons (Fsp3) is 0.688. The third kappa shape index (κ3) is 5.57. The Morgan fingerprint density at radius 2 is 2.10 bits per heavy atom. The minimum absolute atomic E-state index is 0.0135. The summed E-state index contributed by atoms with van der Waals surface area (Å²) in [7, 11) is 2.17. The van der Waals surface area contributed by atoms with Gasteiger partial charge in [-0.25, -0.2) is 4.39 Å². The molecule has 0 bridgehead atoms. The highest BCUT2D eigenvalue weighted by atomic mass is 19.1. The molecule has 1 aromatic rings. The van der Waals surface area contributed by atoms with Gasteiger partial charge in [-0.05, 0) is 93.6 Å². The van der Waals surface area contributed by atoms with Crippen molar-refractivity contribution < 1.29 is 13.9 Å². The Labute approximate surface area is 243 Å². The number of benzene rings is 1. The lowest BCUT2D eigenvalue weighted by atomic mass is 9.58. The lowest BCUT2D eigenvalue weighted by Gasteiger charge is -2.56. The monoisotopic (exact) mass is 564 g/mol. The van der Waals surface area contributed by atoms with Crippen LogP contribution in [0.15, 0.2) is 30.9 Å². The second-order valence-corrected chi connectivity index (χ2v) is 12.9. The van der Waals surface area contributed by atoms with Crippen molar-refractivity contribution in [1.29, 1.82) is 5.26 Å². The Kier molecular flexibility index (Phi) is 8.49. The first-order valence-electron chi connectivity index (χ1n) is 15.6. The van der Waals surface area contributed by atoms with Gasteiger partial charge in [-0.1, -0.05) is 18.7 Å². The second-order valence-electron chi connectivity index (χ2n) is 12.9. The molecule has 1 aromatic carbocycles. The van der Waals surface area contributed by atoms with E-state index in [1.54, 1.807) is 11.0 Å². The molecular formula is C32H45FN6O2. The van der Waals surface area contributed by atoms with Gasteiger partial charge in [-0.15, -0.1) is 0 Å². The maximum absolute atomic E-state index is 14.9. The fourth-order valence-corrected chi connectivity index (χ4v) is 8.61. The summed E-state index contributed by atoms with van der Waals surface area (Å²) in [5.41, 5.74) is 2.12. The largest absolute Gasteiger partial charge is 0.348 e. The standard InChI is InChI=1S/C32H45FN6O2/c1-3-29(40)39-18-17-38(20-22(39)12-15-34)30-25-11-14-32(13-5-8-24-26(32)9-4-10-27(24)33)19-28(25)35-31(36-30)41-21-23-7-6-16-37(23)2/h3-4,9-10,22-23,25,28,30-31,35-36H,1,5-8,11-14,16-21H2,2H3/t22-,23-,25?,28?,30?,31?,32-/m1/s1. The topological polar surface area (TPSA) is 83.9 Å². The van der Waals surface area contributed by atoms with Gasteiger partial charge in [-0.3, -0.25) is 20.3 Å². The summed E-state index contributed by atoms with van der Waals surface area (Å²) < 4.78 is 21.4. The molecule has 0 aromatic heterocycles. The molecule has 3 heterocycles. The molecule has 4 fully saturated rings. The summed E-state index contributed by atoms with van der Waals surface area (Å²) in [6, 6.07) is 8.44. The first kappa shape index (κ1) is 28.8. The van der Waals surface area contributed by atoms with Crippen LogP contribution in [0, 0.1) is 23.1 Å². The highest BCUT2D eigenvalue weighted by Gasteiger charge is 2.51. The molecule has 222 valence electrons. The van der Waals surface area contributed by atoms with E-state index in [1.807, 2.05) is 6.07 Å². The molecular weight excluding hydrogens is 519 g/mol. The number of ether oxygens (including phenoxy) is 1. The zero-order valence-corrected chi connectivity index (χ0v) is 24.4. The van der Waals surface area contributed by atoms with E-state index in [9.17, 15) is 14.4 Å². The number of hydrogen-bond donors (Lipinski definition) is 2. The van der Waals surface area contributed by atoms with Crippen molar-refractivity contribution in [3.8, 4) is 6.07 Å². The number of halogens is 1. The van der Waals surface area contributed by atoms with Crippen molar-refractivity contribution in [2.45, 2.75) is 93.8 Å². The van der Waals surface area contributed by atoms with Crippen LogP contribution < -0.4 is 10.6 Å². The molecule has 7 atom stereocenters. The van der Waals surface area contributed by atoms with Crippen molar-refractivity contribution in [2.24, 2.45) is 5.92 Å². The Morgan fingerprint density at radius 1 is 1.22 bits per heavy atom. The molecule has 0 radical (unpaired) electrons. The van der Waals surface area contributed by atoms with Gasteiger partial charge >= 0.3 is 0 Å². The number of nitriles is 1. The van der Waals surface area contributed by atoms with E-state index in [2.05, 4.69) is 46.2 Å². The Hall–Kier alpha value is -2.35. The van der Waals surface area contributed by atoms with Crippen LogP contribution in [0.2, 0.25) is 0 Å². The predicted molar refractivity (Wildman–Crippen MR) is 155 cm³/mol. The first-order valence-corrected chi connectivity index (χ1v) is 15.6. The highest BCUT2D eigenvalue weighted by Crippen LogP contribution is 2.50. The van der Waals surface area contributed by atoms with Crippen LogP contribution in [0.4, 0.5) is 4.39 Å². The van der Waals surface area contributed by atoms with Crippen LogP contribution in [0.25, 0.3) is 0 Å². The van der Waals surface area contributed by atoms with E-state index in [0.717, 1.165) is 63.6 Å². The zero-order chi connectivity index (χ0) is 28.6. The molecule has 1 spiro atoms. The third-order valence-corrected chi connectivity index (χ3v) is 10.8. The van der Waals surface area contributed by atoms with Gasteiger partial charge < -0.3 is 14.5 Å². The molecule has 6 rings (SSSR count). The van der Waals surface area contributed by atoms with E-state index in [-0.39, 0.29) is 41.7 Å². The summed E-state index contributed by atoms with van der Waals surface area (Å²) in [5.74, 6) is 0.181. The van der Waals surface area contributed by atoms with Gasteiger partial charge in [0.15, 0.2) is 6.35 Å². The summed E-state index contributed by atoms with van der Waals surface area (Å²) in [4.78, 5) is 19.2. The number of amides is 1. The van der Waals surface area contributed by atoms with Crippen molar-refractivity contribution in [3.05, 3.63) is 47.8 Å². The number of fused-ring (bicyclic) bond motifs is 3. The zero-order valence-electron chi connectivity index (χ0n) is 24.4. The number of carbonyl (C=O) groups excluding carboxylic acids is 1. The smallest absolute Gasteiger partial charge is 0.246 e. The van der Waals surface area contributed by atoms with E-state index in [1.165, 1.54) is 18.1 Å². The lowest BCUT2D eigenvalue weighted by Crippen LogP contribution is -2.72. The number of rotatable bonds is 6. The number of nitrogens with zero attached hydrogens (tertiary/aromatic N) is 4. The van der Waals surface area contributed by atoms with Gasteiger partial charge in [0.05, 0.1) is 31.3 Å². The minimum atomic E-state index is -0.289. The Morgan fingerprint density at radius 3 is 2.88 bits per heavy atom. The maximum Gasteiger partial charge on any atom is 0.246 e. The number of nitrogens with one attached hydrogen (secondary N) is 2. The Balaban J connectivity index is 1.25. The molecule has 1 saturated carbocycles. The molecule has 4 unspecified atom stereocenters. The average molecular weight is 565 g/mol. The van der Waals surface area contributed by atoms with Crippen molar-refractivity contribution in [1.82, 2.24) is 25.3 Å². The van der Waals surface area contributed by atoms with Crippen molar-refractivity contribution in [2.75, 3.05) is 39.8 Å². The van der Waals surface area contributed by atoms with Crippen molar-refractivity contribution in [3.63, 3.8) is 0 Å². The maximum atomic E-state index is 14.9. The van der Waals surface area contributed by atoms with Crippen LogP contribution in [0.1, 0.15) is 62.5 Å². The predicted octanol–water partition coefficient (Wildman–Crippen LogP) is 3.09. The SMILES string of the molecule is C=CC(=O)N1CCN(C2NC(OC[C@H]3CCCN3C)NC3C[C@@]4(CCCc5c(F)cccc54)CCC32)C[C@H]1CC#N. The summed E-state index contributed by atoms with van der Waals surface area (Å²) in [5, 5.41) is 17.2. The normalized spacial score (nSPS) is 36.0. The number of hydrogen-bond acceptors (Lipinski definition) is 7. The number of likely N-dealkylation sites (tertiary alicyclic amines) is 1. The third-order valence-electron chi connectivity index (χ3n) is 10.8. The second kappa shape index (κ2) is 12.1. The lowest BCUT2D eigenvalue weighted by molar-refractivity contribution is -0.136. The quantitative estimate of drug-likeness (QED) is 0.514. The summed E-state index contributed by atoms with van der Waals surface area (Å²) >= 11 is 0. The van der Waals surface area contributed by atoms with Crippen LogP contribution in [-0.4, -0.2) is 91.1 Å². The van der Waals surface area contributed by atoms with E-state index in [4.69, 9.17) is 4.74 Å². The molecule has 41 heavy (non-hydrogen) atoms. The summed E-state index contributed by atoms with van der Waals surface area (Å²) in [6.07, 6.45) is 9.77. The highest BCUT2D eigenvalue weighted by molar-refractivity contribution is 5.87. The first-order chi connectivity index (χ1) is 19.9. The van der Waals surface area contributed by atoms with Crippen LogP contribution in [-0.2, 0) is 21.4 Å². The van der Waals surface area contributed by atoms with E-state index in [0.29, 0.717) is 38.1 Å².